The molecule has 2 heteroatoms. The molecule has 0 saturated carbocycles. The number of nitriles is 1. The van der Waals surface area contributed by atoms with Gasteiger partial charge in [-0.25, -0.2) is 6.57 Å². The molecule has 0 bridgehead atoms. The third kappa shape index (κ3) is 2.76. The lowest BCUT2D eigenvalue weighted by atomic mass is 9.84. The van der Waals surface area contributed by atoms with E-state index in [2.05, 4.69) is 10.9 Å². The Morgan fingerprint density at radius 3 is 2.25 bits per heavy atom. The van der Waals surface area contributed by atoms with Crippen LogP contribution in [0.3, 0.4) is 0 Å². The van der Waals surface area contributed by atoms with E-state index in [1.54, 1.807) is 6.92 Å². The summed E-state index contributed by atoms with van der Waals surface area (Å²) in [5.74, 6) is 0. The molecule has 0 aromatic carbocycles. The van der Waals surface area contributed by atoms with Gasteiger partial charge in [0.1, 0.15) is 0 Å². The standard InChI is InChI=1S/C10H14N2/c1-8(6-11)9(7-12-5)10(2,3)4/h7H2,1-4H3/b9-8-. The molecule has 0 aromatic heterocycles. The minimum atomic E-state index is -0.0651. The van der Waals surface area contributed by atoms with E-state index in [4.69, 9.17) is 11.8 Å². The number of hydrogen-bond donors (Lipinski definition) is 0. The smallest absolute Gasteiger partial charge is 0.237 e. The Kier molecular flexibility index (Phi) is 3.51. The van der Waals surface area contributed by atoms with E-state index in [0.29, 0.717) is 12.1 Å². The van der Waals surface area contributed by atoms with Gasteiger partial charge < -0.3 is 4.85 Å². The van der Waals surface area contributed by atoms with Gasteiger partial charge in [0.15, 0.2) is 0 Å². The van der Waals surface area contributed by atoms with Crippen LogP contribution in [0.4, 0.5) is 0 Å². The van der Waals surface area contributed by atoms with Crippen molar-refractivity contribution < 1.29 is 0 Å². The summed E-state index contributed by atoms with van der Waals surface area (Å²) in [6.07, 6.45) is 0. The molecule has 0 aliphatic heterocycles. The lowest BCUT2D eigenvalue weighted by Crippen LogP contribution is -2.13. The van der Waals surface area contributed by atoms with Gasteiger partial charge in [0, 0.05) is 11.1 Å². The van der Waals surface area contributed by atoms with Crippen molar-refractivity contribution in [2.45, 2.75) is 27.7 Å². The first-order valence-electron chi connectivity index (χ1n) is 3.87. The van der Waals surface area contributed by atoms with Crippen LogP contribution in [-0.4, -0.2) is 6.54 Å². The summed E-state index contributed by atoms with van der Waals surface area (Å²) in [6, 6.07) is 2.09. The summed E-state index contributed by atoms with van der Waals surface area (Å²) in [4.78, 5) is 3.31. The van der Waals surface area contributed by atoms with Gasteiger partial charge in [-0.2, -0.15) is 5.26 Å². The normalized spacial score (nSPS) is 12.8. The zero-order chi connectivity index (χ0) is 9.78. The first-order chi connectivity index (χ1) is 5.43. The molecule has 0 fully saturated rings. The first-order valence-corrected chi connectivity index (χ1v) is 3.87. The Labute approximate surface area is 74.3 Å². The summed E-state index contributed by atoms with van der Waals surface area (Å²) in [7, 11) is 0. The Hall–Kier alpha value is -1.28. The molecule has 64 valence electrons. The minimum absolute atomic E-state index is 0.0651. The summed E-state index contributed by atoms with van der Waals surface area (Å²) in [5.41, 5.74) is 1.56. The lowest BCUT2D eigenvalue weighted by Gasteiger charge is -2.19. The summed E-state index contributed by atoms with van der Waals surface area (Å²) in [5, 5.41) is 8.68. The molecule has 0 spiro atoms. The Morgan fingerprint density at radius 2 is 2.00 bits per heavy atom. The predicted molar refractivity (Wildman–Crippen MR) is 49.2 cm³/mol. The Morgan fingerprint density at radius 1 is 1.50 bits per heavy atom. The van der Waals surface area contributed by atoms with E-state index < -0.39 is 0 Å². The molecule has 0 aliphatic carbocycles. The lowest BCUT2D eigenvalue weighted by molar-refractivity contribution is 0.497. The average molecular weight is 162 g/mol. The van der Waals surface area contributed by atoms with Gasteiger partial charge in [0.25, 0.3) is 0 Å². The molecule has 0 unspecified atom stereocenters. The van der Waals surface area contributed by atoms with Crippen LogP contribution in [-0.2, 0) is 0 Å². The quantitative estimate of drug-likeness (QED) is 0.430. The molecule has 0 saturated heterocycles. The van der Waals surface area contributed by atoms with Crippen LogP contribution in [0.1, 0.15) is 27.7 Å². The van der Waals surface area contributed by atoms with Crippen LogP contribution >= 0.6 is 0 Å². The van der Waals surface area contributed by atoms with E-state index in [9.17, 15) is 0 Å². The van der Waals surface area contributed by atoms with Gasteiger partial charge in [-0.3, -0.25) is 0 Å². The highest BCUT2D eigenvalue weighted by Crippen LogP contribution is 2.27. The highest BCUT2D eigenvalue weighted by molar-refractivity contribution is 5.31. The second-order valence-corrected chi connectivity index (χ2v) is 3.78. The van der Waals surface area contributed by atoms with Crippen LogP contribution in [0, 0.1) is 23.3 Å². The van der Waals surface area contributed by atoms with Gasteiger partial charge in [-0.15, -0.1) is 0 Å². The summed E-state index contributed by atoms with van der Waals surface area (Å²) in [6.45, 7) is 14.9. The topological polar surface area (TPSA) is 28.1 Å². The van der Waals surface area contributed by atoms with Crippen molar-refractivity contribution in [1.29, 1.82) is 5.26 Å². The average Bonchev–Trinajstić information content (AvgIpc) is 1.96. The third-order valence-corrected chi connectivity index (χ3v) is 1.76. The summed E-state index contributed by atoms with van der Waals surface area (Å²) >= 11 is 0. The van der Waals surface area contributed by atoms with E-state index >= 15 is 0 Å². The van der Waals surface area contributed by atoms with E-state index in [1.165, 1.54) is 0 Å². The number of hydrogen-bond acceptors (Lipinski definition) is 1. The van der Waals surface area contributed by atoms with Crippen LogP contribution in [0.2, 0.25) is 0 Å². The monoisotopic (exact) mass is 162 g/mol. The van der Waals surface area contributed by atoms with Crippen LogP contribution < -0.4 is 0 Å². The molecule has 0 aromatic rings. The zero-order valence-corrected chi connectivity index (χ0v) is 8.10. The second kappa shape index (κ2) is 3.93. The SMILES string of the molecule is [C-]#[N+]C/C(=C(\C)C#N)C(C)(C)C. The van der Waals surface area contributed by atoms with E-state index in [-0.39, 0.29) is 5.41 Å². The van der Waals surface area contributed by atoms with E-state index in [1.807, 2.05) is 20.8 Å². The van der Waals surface area contributed by atoms with Gasteiger partial charge in [0.2, 0.25) is 6.54 Å². The predicted octanol–water partition coefficient (Wildman–Crippen LogP) is 2.79. The fourth-order valence-corrected chi connectivity index (χ4v) is 1.06. The van der Waals surface area contributed by atoms with Gasteiger partial charge in [-0.1, -0.05) is 20.8 Å². The fourth-order valence-electron chi connectivity index (χ4n) is 1.06. The molecule has 2 nitrogen and oxygen atoms in total. The van der Waals surface area contributed by atoms with Crippen LogP contribution in [0.5, 0.6) is 0 Å². The van der Waals surface area contributed by atoms with Crippen molar-refractivity contribution in [2.75, 3.05) is 6.54 Å². The molecular weight excluding hydrogens is 148 g/mol. The van der Waals surface area contributed by atoms with Crippen molar-refractivity contribution in [3.63, 3.8) is 0 Å². The van der Waals surface area contributed by atoms with Crippen molar-refractivity contribution in [2.24, 2.45) is 5.41 Å². The Balaban J connectivity index is 4.98. The summed E-state index contributed by atoms with van der Waals surface area (Å²) < 4.78 is 0. The maximum absolute atomic E-state index is 8.68. The molecular formula is C10H14N2. The number of nitrogens with zero attached hydrogens (tertiary/aromatic N) is 2. The van der Waals surface area contributed by atoms with Crippen molar-refractivity contribution >= 4 is 0 Å². The highest BCUT2D eigenvalue weighted by Gasteiger charge is 2.21. The van der Waals surface area contributed by atoms with Crippen LogP contribution in [0.25, 0.3) is 4.85 Å². The van der Waals surface area contributed by atoms with Crippen molar-refractivity contribution in [1.82, 2.24) is 0 Å². The molecule has 0 N–H and O–H groups in total. The zero-order valence-electron chi connectivity index (χ0n) is 8.10. The third-order valence-electron chi connectivity index (χ3n) is 1.76. The van der Waals surface area contributed by atoms with Crippen LogP contribution in [0.15, 0.2) is 11.1 Å². The maximum atomic E-state index is 8.68. The van der Waals surface area contributed by atoms with Gasteiger partial charge >= 0.3 is 0 Å². The minimum Gasteiger partial charge on any atom is -0.312 e. The number of allylic oxidation sites excluding steroid dienone is 1. The van der Waals surface area contributed by atoms with E-state index in [0.717, 1.165) is 5.57 Å². The fraction of sp³-hybridized carbons (Fsp3) is 0.600. The Bertz CT molecular complexity index is 266. The van der Waals surface area contributed by atoms with Gasteiger partial charge in [-0.05, 0) is 12.3 Å². The molecule has 0 amide bonds. The molecule has 0 rings (SSSR count). The van der Waals surface area contributed by atoms with Crippen molar-refractivity contribution in [3.8, 4) is 6.07 Å². The highest BCUT2D eigenvalue weighted by atomic mass is 14.6. The molecule has 0 heterocycles. The largest absolute Gasteiger partial charge is 0.312 e. The van der Waals surface area contributed by atoms with Gasteiger partial charge in [0.05, 0.1) is 6.07 Å². The molecule has 0 radical (unpaired) electrons. The number of rotatable bonds is 1. The maximum Gasteiger partial charge on any atom is 0.237 e. The molecule has 0 atom stereocenters. The van der Waals surface area contributed by atoms with Crippen molar-refractivity contribution in [3.05, 3.63) is 22.6 Å². The molecule has 0 aliphatic rings. The first kappa shape index (κ1) is 10.7. The second-order valence-electron chi connectivity index (χ2n) is 3.78. The molecule has 12 heavy (non-hydrogen) atoms.